The van der Waals surface area contributed by atoms with Crippen LogP contribution in [-0.4, -0.2) is 46.7 Å². The fraction of sp³-hybridized carbons (Fsp3) is 0.455. The maximum atomic E-state index is 9.40. The van der Waals surface area contributed by atoms with Crippen LogP contribution in [0.25, 0.3) is 12.4 Å². The molecule has 1 atom stereocenters. The Morgan fingerprint density at radius 2 is 2.29 bits per heavy atom. The van der Waals surface area contributed by atoms with E-state index in [-0.39, 0.29) is 0 Å². The molecule has 1 aromatic rings. The van der Waals surface area contributed by atoms with Crippen molar-refractivity contribution in [1.29, 1.82) is 0 Å². The first-order valence-corrected chi connectivity index (χ1v) is 5.49. The first-order valence-electron chi connectivity index (χ1n) is 5.49. The highest BCUT2D eigenvalue weighted by Crippen LogP contribution is 2.03. The van der Waals surface area contributed by atoms with E-state index in [0.29, 0.717) is 6.54 Å². The standard InChI is InChI=1S/C11H17N5O/c1-8(17)5-16-11-9(4-14-16)10(6-15(2)3)12-7-13-11/h4,6-8,14,17H,5H2,1-3H3. The fourth-order valence-corrected chi connectivity index (χ4v) is 1.71. The number of nitrogens with zero attached hydrogens (tertiary/aromatic N) is 4. The number of hydrogen-bond acceptors (Lipinski definition) is 6. The van der Waals surface area contributed by atoms with Gasteiger partial charge < -0.3 is 15.4 Å². The van der Waals surface area contributed by atoms with Gasteiger partial charge in [0.1, 0.15) is 6.33 Å². The van der Waals surface area contributed by atoms with Gasteiger partial charge in [-0.05, 0) is 6.92 Å². The predicted molar refractivity (Wildman–Crippen MR) is 66.1 cm³/mol. The Labute approximate surface area is 99.9 Å². The van der Waals surface area contributed by atoms with Crippen molar-refractivity contribution in [2.45, 2.75) is 13.0 Å². The highest BCUT2D eigenvalue weighted by Gasteiger charge is 2.16. The van der Waals surface area contributed by atoms with Crippen LogP contribution in [0.2, 0.25) is 0 Å². The number of aromatic nitrogens is 2. The van der Waals surface area contributed by atoms with Crippen LogP contribution in [0.3, 0.4) is 0 Å². The predicted octanol–water partition coefficient (Wildman–Crippen LogP) is -1.78. The van der Waals surface area contributed by atoms with E-state index < -0.39 is 6.10 Å². The van der Waals surface area contributed by atoms with Gasteiger partial charge in [0, 0.05) is 26.5 Å². The molecule has 0 saturated heterocycles. The highest BCUT2D eigenvalue weighted by atomic mass is 16.3. The van der Waals surface area contributed by atoms with Crippen molar-refractivity contribution in [3.8, 4) is 0 Å². The molecule has 0 fully saturated rings. The van der Waals surface area contributed by atoms with Crippen molar-refractivity contribution in [3.05, 3.63) is 16.9 Å². The first-order chi connectivity index (χ1) is 8.08. The van der Waals surface area contributed by atoms with Gasteiger partial charge in [-0.25, -0.2) is 9.97 Å². The summed E-state index contributed by atoms with van der Waals surface area (Å²) in [4.78, 5) is 10.4. The second kappa shape index (κ2) is 4.58. The summed E-state index contributed by atoms with van der Waals surface area (Å²) in [5, 5.41) is 13.0. The van der Waals surface area contributed by atoms with Crippen molar-refractivity contribution < 1.29 is 5.11 Å². The van der Waals surface area contributed by atoms with Gasteiger partial charge in [0.05, 0.1) is 23.2 Å². The topological polar surface area (TPSA) is 64.5 Å². The van der Waals surface area contributed by atoms with Gasteiger partial charge in [-0.2, -0.15) is 0 Å². The zero-order valence-electron chi connectivity index (χ0n) is 10.3. The summed E-state index contributed by atoms with van der Waals surface area (Å²) in [5.41, 5.74) is 3.07. The maximum absolute atomic E-state index is 9.40. The Morgan fingerprint density at radius 1 is 1.53 bits per heavy atom. The summed E-state index contributed by atoms with van der Waals surface area (Å²) in [5.74, 6) is 0.800. The summed E-state index contributed by atoms with van der Waals surface area (Å²) in [6.45, 7) is 2.23. The molecule has 6 nitrogen and oxygen atoms in total. The molecule has 2 heterocycles. The Morgan fingerprint density at radius 3 is 2.94 bits per heavy atom. The van der Waals surface area contributed by atoms with Crippen LogP contribution in [0.15, 0.2) is 6.33 Å². The number of aliphatic hydroxyl groups excluding tert-OH is 1. The molecule has 1 unspecified atom stereocenters. The molecular formula is C11H17N5O. The third-order valence-corrected chi connectivity index (χ3v) is 2.34. The van der Waals surface area contributed by atoms with Crippen LogP contribution in [-0.2, 0) is 0 Å². The van der Waals surface area contributed by atoms with Gasteiger partial charge in [0.15, 0.2) is 5.82 Å². The number of β-amino-alcohol motifs (C(OH)–C–C–N with tert-alkyl or cyclic N) is 1. The molecule has 2 rings (SSSR count). The van der Waals surface area contributed by atoms with Crippen LogP contribution < -0.4 is 21.0 Å². The third kappa shape index (κ3) is 2.47. The number of hydrazine groups is 1. The largest absolute Gasteiger partial charge is 0.391 e. The monoisotopic (exact) mass is 235 g/mol. The van der Waals surface area contributed by atoms with E-state index in [1.165, 1.54) is 6.33 Å². The molecule has 0 bridgehead atoms. The average molecular weight is 235 g/mol. The molecule has 17 heavy (non-hydrogen) atoms. The van der Waals surface area contributed by atoms with E-state index in [1.807, 2.05) is 36.4 Å². The summed E-state index contributed by atoms with van der Waals surface area (Å²) >= 11 is 0. The van der Waals surface area contributed by atoms with Gasteiger partial charge in [0.2, 0.25) is 0 Å². The number of hydrogen-bond donors (Lipinski definition) is 2. The summed E-state index contributed by atoms with van der Waals surface area (Å²) in [7, 11) is 3.90. The summed E-state index contributed by atoms with van der Waals surface area (Å²) < 4.78 is 0. The van der Waals surface area contributed by atoms with Crippen molar-refractivity contribution in [2.75, 3.05) is 25.6 Å². The zero-order valence-corrected chi connectivity index (χ0v) is 10.3. The normalized spacial score (nSPS) is 16.2. The average Bonchev–Trinajstić information content (AvgIpc) is 2.61. The lowest BCUT2D eigenvalue weighted by molar-refractivity contribution is 0.198. The maximum Gasteiger partial charge on any atom is 0.160 e. The van der Waals surface area contributed by atoms with Crippen LogP contribution in [0, 0.1) is 0 Å². The molecule has 0 saturated carbocycles. The number of rotatable bonds is 3. The van der Waals surface area contributed by atoms with Gasteiger partial charge in [-0.1, -0.05) is 0 Å². The molecule has 1 aliphatic heterocycles. The second-order valence-corrected chi connectivity index (χ2v) is 4.32. The molecule has 2 N–H and O–H groups in total. The lowest BCUT2D eigenvalue weighted by Crippen LogP contribution is -2.39. The number of anilines is 1. The SMILES string of the molecule is CC(O)CN1NC=c2c1ncnc2=CN(C)C. The lowest BCUT2D eigenvalue weighted by atomic mass is 10.3. The minimum Gasteiger partial charge on any atom is -0.391 e. The molecule has 0 aliphatic carbocycles. The van der Waals surface area contributed by atoms with E-state index in [0.717, 1.165) is 16.4 Å². The molecular weight excluding hydrogens is 218 g/mol. The van der Waals surface area contributed by atoms with Crippen LogP contribution in [0.4, 0.5) is 5.82 Å². The van der Waals surface area contributed by atoms with Gasteiger partial charge in [0.25, 0.3) is 0 Å². The minimum absolute atomic E-state index is 0.418. The second-order valence-electron chi connectivity index (χ2n) is 4.32. The smallest absolute Gasteiger partial charge is 0.160 e. The van der Waals surface area contributed by atoms with E-state index in [9.17, 15) is 5.11 Å². The zero-order chi connectivity index (χ0) is 12.4. The number of aliphatic hydroxyl groups is 1. The first kappa shape index (κ1) is 11.7. The summed E-state index contributed by atoms with van der Waals surface area (Å²) in [6, 6.07) is 0. The van der Waals surface area contributed by atoms with E-state index in [4.69, 9.17) is 0 Å². The van der Waals surface area contributed by atoms with Crippen molar-refractivity contribution in [2.24, 2.45) is 0 Å². The Balaban J connectivity index is 2.41. The molecule has 0 spiro atoms. The molecule has 0 amide bonds. The molecule has 6 heteroatoms. The minimum atomic E-state index is -0.418. The van der Waals surface area contributed by atoms with E-state index in [2.05, 4.69) is 15.4 Å². The molecule has 0 aromatic carbocycles. The number of nitrogens with one attached hydrogen (secondary N) is 1. The van der Waals surface area contributed by atoms with Gasteiger partial charge >= 0.3 is 0 Å². The fourth-order valence-electron chi connectivity index (χ4n) is 1.71. The molecule has 1 aliphatic rings. The van der Waals surface area contributed by atoms with Crippen LogP contribution >= 0.6 is 0 Å². The van der Waals surface area contributed by atoms with E-state index >= 15 is 0 Å². The summed E-state index contributed by atoms with van der Waals surface area (Å²) in [6.07, 6.45) is 4.90. The van der Waals surface area contributed by atoms with E-state index in [1.54, 1.807) is 6.92 Å². The molecule has 92 valence electrons. The highest BCUT2D eigenvalue weighted by molar-refractivity contribution is 5.51. The Kier molecular flexibility index (Phi) is 3.14. The van der Waals surface area contributed by atoms with Gasteiger partial charge in [-0.15, -0.1) is 0 Å². The third-order valence-electron chi connectivity index (χ3n) is 2.34. The molecule has 1 aromatic heterocycles. The lowest BCUT2D eigenvalue weighted by Gasteiger charge is -2.20. The quantitative estimate of drug-likeness (QED) is 0.646. The van der Waals surface area contributed by atoms with Crippen LogP contribution in [0.5, 0.6) is 0 Å². The van der Waals surface area contributed by atoms with Crippen molar-refractivity contribution in [3.63, 3.8) is 0 Å². The number of fused-ring (bicyclic) bond motifs is 1. The Hall–Kier alpha value is -1.82. The molecule has 0 radical (unpaired) electrons. The van der Waals surface area contributed by atoms with Gasteiger partial charge in [-0.3, -0.25) is 5.01 Å². The Bertz CT molecular complexity index is 511. The van der Waals surface area contributed by atoms with Crippen LogP contribution in [0.1, 0.15) is 6.92 Å². The van der Waals surface area contributed by atoms with Crippen molar-refractivity contribution in [1.82, 2.24) is 20.3 Å². The van der Waals surface area contributed by atoms with Crippen molar-refractivity contribution >= 4 is 18.2 Å².